The molecule has 4 nitrogen and oxygen atoms in total. The van der Waals surface area contributed by atoms with Crippen molar-refractivity contribution in [1.82, 2.24) is 10.3 Å². The maximum atomic E-state index is 12.8. The van der Waals surface area contributed by atoms with Crippen molar-refractivity contribution in [2.24, 2.45) is 5.92 Å². The SMILES string of the molecule is CCCOc1ccc(C(=O)C2CCNCC2)c2cccnc12. The molecule has 0 amide bonds. The average molecular weight is 298 g/mol. The van der Waals surface area contributed by atoms with Crippen LogP contribution in [0.15, 0.2) is 30.5 Å². The lowest BCUT2D eigenvalue weighted by Gasteiger charge is -2.22. The molecule has 116 valence electrons. The quantitative estimate of drug-likeness (QED) is 0.861. The van der Waals surface area contributed by atoms with Crippen molar-refractivity contribution in [2.45, 2.75) is 26.2 Å². The molecule has 1 aliphatic heterocycles. The van der Waals surface area contributed by atoms with Crippen LogP contribution < -0.4 is 10.1 Å². The number of ketones is 1. The molecule has 4 heteroatoms. The van der Waals surface area contributed by atoms with Gasteiger partial charge in [-0.05, 0) is 50.6 Å². The fraction of sp³-hybridized carbons (Fsp3) is 0.444. The van der Waals surface area contributed by atoms with Gasteiger partial charge in [0.05, 0.1) is 6.61 Å². The summed E-state index contributed by atoms with van der Waals surface area (Å²) in [5.74, 6) is 1.12. The summed E-state index contributed by atoms with van der Waals surface area (Å²) < 4.78 is 5.76. The van der Waals surface area contributed by atoms with Crippen LogP contribution in [0.25, 0.3) is 10.9 Å². The monoisotopic (exact) mass is 298 g/mol. The summed E-state index contributed by atoms with van der Waals surface area (Å²) in [4.78, 5) is 17.3. The second-order valence-electron chi connectivity index (χ2n) is 5.75. The molecule has 0 aliphatic carbocycles. The van der Waals surface area contributed by atoms with E-state index in [0.29, 0.717) is 6.61 Å². The molecule has 0 unspecified atom stereocenters. The highest BCUT2D eigenvalue weighted by Gasteiger charge is 2.24. The van der Waals surface area contributed by atoms with Gasteiger partial charge in [-0.1, -0.05) is 13.0 Å². The Kier molecular flexibility index (Phi) is 4.68. The Bertz CT molecular complexity index is 663. The topological polar surface area (TPSA) is 51.2 Å². The standard InChI is InChI=1S/C18H22N2O2/c1-2-12-22-16-6-5-15(14-4-3-9-20-17(14)16)18(21)13-7-10-19-11-8-13/h3-6,9,13,19H,2,7-8,10-12H2,1H3. The molecule has 0 spiro atoms. The number of aromatic nitrogens is 1. The Morgan fingerprint density at radius 2 is 2.14 bits per heavy atom. The first-order valence-corrected chi connectivity index (χ1v) is 8.06. The highest BCUT2D eigenvalue weighted by atomic mass is 16.5. The van der Waals surface area contributed by atoms with Gasteiger partial charge in [0.25, 0.3) is 0 Å². The van der Waals surface area contributed by atoms with Gasteiger partial charge in [-0.3, -0.25) is 9.78 Å². The third-order valence-electron chi connectivity index (χ3n) is 4.17. The van der Waals surface area contributed by atoms with Crippen LogP contribution in [0.3, 0.4) is 0 Å². The number of ether oxygens (including phenoxy) is 1. The largest absolute Gasteiger partial charge is 0.491 e. The summed E-state index contributed by atoms with van der Waals surface area (Å²) in [5, 5.41) is 4.21. The lowest BCUT2D eigenvalue weighted by Crippen LogP contribution is -2.32. The van der Waals surface area contributed by atoms with E-state index >= 15 is 0 Å². The Morgan fingerprint density at radius 3 is 2.91 bits per heavy atom. The number of piperidine rings is 1. The average Bonchev–Trinajstić information content (AvgIpc) is 2.60. The highest BCUT2D eigenvalue weighted by Crippen LogP contribution is 2.29. The Morgan fingerprint density at radius 1 is 1.32 bits per heavy atom. The molecule has 0 bridgehead atoms. The van der Waals surface area contributed by atoms with E-state index in [1.807, 2.05) is 24.3 Å². The lowest BCUT2D eigenvalue weighted by atomic mass is 9.88. The Hall–Kier alpha value is -1.94. The van der Waals surface area contributed by atoms with Crippen molar-refractivity contribution in [3.8, 4) is 5.75 Å². The van der Waals surface area contributed by atoms with Gasteiger partial charge in [-0.2, -0.15) is 0 Å². The van der Waals surface area contributed by atoms with Crippen LogP contribution in [-0.2, 0) is 0 Å². The van der Waals surface area contributed by atoms with Crippen molar-refractivity contribution < 1.29 is 9.53 Å². The summed E-state index contributed by atoms with van der Waals surface area (Å²) in [6.45, 7) is 4.58. The molecular weight excluding hydrogens is 276 g/mol. The minimum absolute atomic E-state index is 0.118. The Balaban J connectivity index is 1.98. The molecular formula is C18H22N2O2. The van der Waals surface area contributed by atoms with Crippen LogP contribution in [-0.4, -0.2) is 30.5 Å². The van der Waals surface area contributed by atoms with Gasteiger partial charge in [-0.15, -0.1) is 0 Å². The van der Waals surface area contributed by atoms with E-state index in [9.17, 15) is 4.79 Å². The van der Waals surface area contributed by atoms with Gasteiger partial charge in [-0.25, -0.2) is 0 Å². The van der Waals surface area contributed by atoms with E-state index in [4.69, 9.17) is 4.74 Å². The molecule has 1 aromatic heterocycles. The molecule has 1 saturated heterocycles. The van der Waals surface area contributed by atoms with Gasteiger partial charge in [0.1, 0.15) is 11.3 Å². The van der Waals surface area contributed by atoms with Crippen molar-refractivity contribution in [2.75, 3.05) is 19.7 Å². The molecule has 1 N–H and O–H groups in total. The number of benzene rings is 1. The zero-order valence-corrected chi connectivity index (χ0v) is 13.0. The molecule has 1 fully saturated rings. The van der Waals surface area contributed by atoms with E-state index in [1.165, 1.54) is 0 Å². The minimum atomic E-state index is 0.118. The van der Waals surface area contributed by atoms with Gasteiger partial charge in [0, 0.05) is 23.1 Å². The number of hydrogen-bond donors (Lipinski definition) is 1. The van der Waals surface area contributed by atoms with Crippen LogP contribution in [0.5, 0.6) is 5.75 Å². The van der Waals surface area contributed by atoms with Crippen LogP contribution >= 0.6 is 0 Å². The zero-order chi connectivity index (χ0) is 15.4. The molecule has 1 aliphatic rings. The van der Waals surface area contributed by atoms with E-state index in [2.05, 4.69) is 17.2 Å². The number of nitrogens with zero attached hydrogens (tertiary/aromatic N) is 1. The maximum absolute atomic E-state index is 12.8. The van der Waals surface area contributed by atoms with E-state index in [0.717, 1.165) is 54.6 Å². The van der Waals surface area contributed by atoms with Crippen LogP contribution in [0.2, 0.25) is 0 Å². The smallest absolute Gasteiger partial charge is 0.166 e. The van der Waals surface area contributed by atoms with Crippen molar-refractivity contribution in [3.05, 3.63) is 36.0 Å². The van der Waals surface area contributed by atoms with Crippen LogP contribution in [0.1, 0.15) is 36.5 Å². The molecule has 0 radical (unpaired) electrons. The molecule has 2 aromatic rings. The second kappa shape index (κ2) is 6.88. The first-order chi connectivity index (χ1) is 10.8. The van der Waals surface area contributed by atoms with E-state index in [-0.39, 0.29) is 11.7 Å². The Labute approximate surface area is 130 Å². The van der Waals surface area contributed by atoms with Crippen molar-refractivity contribution in [1.29, 1.82) is 0 Å². The number of Topliss-reactive ketones (excluding diaryl/α,β-unsaturated/α-hetero) is 1. The first-order valence-electron chi connectivity index (χ1n) is 8.06. The molecule has 0 atom stereocenters. The van der Waals surface area contributed by atoms with Gasteiger partial charge >= 0.3 is 0 Å². The maximum Gasteiger partial charge on any atom is 0.166 e. The molecule has 3 rings (SSSR count). The van der Waals surface area contributed by atoms with Crippen molar-refractivity contribution >= 4 is 16.7 Å². The van der Waals surface area contributed by atoms with Crippen molar-refractivity contribution in [3.63, 3.8) is 0 Å². The number of nitrogens with one attached hydrogen (secondary N) is 1. The predicted molar refractivity (Wildman–Crippen MR) is 87.5 cm³/mol. The predicted octanol–water partition coefficient (Wildman–Crippen LogP) is 3.21. The number of hydrogen-bond acceptors (Lipinski definition) is 4. The summed E-state index contributed by atoms with van der Waals surface area (Å²) in [6, 6.07) is 7.64. The summed E-state index contributed by atoms with van der Waals surface area (Å²) >= 11 is 0. The van der Waals surface area contributed by atoms with Crippen LogP contribution in [0.4, 0.5) is 0 Å². The first kappa shape index (κ1) is 15.0. The fourth-order valence-corrected chi connectivity index (χ4v) is 2.99. The number of carbonyl (C=O) groups is 1. The highest BCUT2D eigenvalue weighted by molar-refractivity contribution is 6.09. The van der Waals surface area contributed by atoms with E-state index in [1.54, 1.807) is 6.20 Å². The molecule has 22 heavy (non-hydrogen) atoms. The number of fused-ring (bicyclic) bond motifs is 1. The van der Waals surface area contributed by atoms with Crippen LogP contribution in [0, 0.1) is 5.92 Å². The molecule has 1 aromatic carbocycles. The zero-order valence-electron chi connectivity index (χ0n) is 13.0. The number of pyridine rings is 1. The molecule has 2 heterocycles. The second-order valence-corrected chi connectivity index (χ2v) is 5.75. The third kappa shape index (κ3) is 2.97. The molecule has 0 saturated carbocycles. The van der Waals surface area contributed by atoms with Gasteiger partial charge in [0.15, 0.2) is 5.78 Å². The van der Waals surface area contributed by atoms with Gasteiger partial charge < -0.3 is 10.1 Å². The fourth-order valence-electron chi connectivity index (χ4n) is 2.99. The number of rotatable bonds is 5. The van der Waals surface area contributed by atoms with Gasteiger partial charge in [0.2, 0.25) is 0 Å². The number of carbonyl (C=O) groups excluding carboxylic acids is 1. The summed E-state index contributed by atoms with van der Waals surface area (Å²) in [7, 11) is 0. The minimum Gasteiger partial charge on any atom is -0.491 e. The summed E-state index contributed by atoms with van der Waals surface area (Å²) in [6.07, 6.45) is 4.52. The van der Waals surface area contributed by atoms with E-state index < -0.39 is 0 Å². The summed E-state index contributed by atoms with van der Waals surface area (Å²) in [5.41, 5.74) is 1.56. The third-order valence-corrected chi connectivity index (χ3v) is 4.17. The normalized spacial score (nSPS) is 15.9. The lowest BCUT2D eigenvalue weighted by molar-refractivity contribution is 0.0897.